The Labute approximate surface area is 318 Å². The van der Waals surface area contributed by atoms with E-state index in [0.29, 0.717) is 43.8 Å². The van der Waals surface area contributed by atoms with Crippen molar-refractivity contribution in [1.82, 2.24) is 4.90 Å². The van der Waals surface area contributed by atoms with Crippen molar-refractivity contribution < 1.29 is 38.8 Å². The zero-order valence-electron chi connectivity index (χ0n) is 31.4. The Hall–Kier alpha value is -3.77. The first kappa shape index (κ1) is 40.4. The summed E-state index contributed by atoms with van der Waals surface area (Å²) in [6.45, 7) is 10.6. The molecule has 2 aromatic rings. The molecule has 11 heteroatoms. The molecule has 0 unspecified atom stereocenters. The highest BCUT2D eigenvalue weighted by Crippen LogP contribution is 2.62. The largest absolute Gasteiger partial charge is 0.459 e. The zero-order valence-corrected chi connectivity index (χ0v) is 32.2. The minimum Gasteiger partial charge on any atom is -0.459 e. The Morgan fingerprint density at radius 3 is 2.47 bits per heavy atom. The number of fused-ring (bicyclic) bond motifs is 2. The highest BCUT2D eigenvalue weighted by molar-refractivity contribution is 7.98. The Morgan fingerprint density at radius 2 is 1.79 bits per heavy atom. The summed E-state index contributed by atoms with van der Waals surface area (Å²) in [5.74, 6) is 0.426. The summed E-state index contributed by atoms with van der Waals surface area (Å²) in [4.78, 5) is 22.2. The van der Waals surface area contributed by atoms with Crippen LogP contribution in [-0.2, 0) is 14.3 Å². The minimum atomic E-state index is -1.34. The van der Waals surface area contributed by atoms with E-state index in [1.54, 1.807) is 35.9 Å². The van der Waals surface area contributed by atoms with Crippen molar-refractivity contribution >= 4 is 23.6 Å². The van der Waals surface area contributed by atoms with Crippen molar-refractivity contribution in [2.75, 3.05) is 46.3 Å². The van der Waals surface area contributed by atoms with Gasteiger partial charge in [0, 0.05) is 43.1 Å². The molecule has 0 spiro atoms. The molecule has 1 amide bonds. The maximum absolute atomic E-state index is 13.7. The third kappa shape index (κ3) is 9.13. The van der Waals surface area contributed by atoms with E-state index in [2.05, 4.69) is 25.3 Å². The normalized spacial score (nSPS) is 25.0. The first-order chi connectivity index (χ1) is 25.8. The maximum Gasteiger partial charge on any atom is 0.409 e. The molecule has 2 aromatic carbocycles. The average Bonchev–Trinajstić information content (AvgIpc) is 3.17. The molecule has 2 aliphatic carbocycles. The van der Waals surface area contributed by atoms with Crippen LogP contribution < -0.4 is 9.47 Å². The van der Waals surface area contributed by atoms with Crippen LogP contribution in [0.4, 0.5) is 4.79 Å². The molecule has 0 bridgehead atoms. The van der Waals surface area contributed by atoms with Gasteiger partial charge in [-0.1, -0.05) is 36.2 Å². The second-order valence-corrected chi connectivity index (χ2v) is 14.7. The van der Waals surface area contributed by atoms with E-state index in [9.17, 15) is 15.0 Å². The topological polar surface area (TPSA) is 119 Å². The van der Waals surface area contributed by atoms with E-state index in [1.165, 1.54) is 0 Å². The number of allylic oxidation sites excluding steroid dienone is 1. The third-order valence-electron chi connectivity index (χ3n) is 10.5. The van der Waals surface area contributed by atoms with Gasteiger partial charge in [0.2, 0.25) is 5.79 Å². The molecule has 0 saturated heterocycles. The van der Waals surface area contributed by atoms with Gasteiger partial charge in [-0.2, -0.15) is 0 Å². The number of likely N-dealkylation sites (N-methyl/N-ethyl adjacent to an activating group) is 1. The lowest BCUT2D eigenvalue weighted by Crippen LogP contribution is -2.69. The molecule has 10 nitrogen and oxygen atoms in total. The number of unbranched alkanes of at least 4 members (excludes halogenated alkanes) is 2. The van der Waals surface area contributed by atoms with Crippen LogP contribution in [0.2, 0.25) is 0 Å². The van der Waals surface area contributed by atoms with Gasteiger partial charge in [0.15, 0.2) is 0 Å². The van der Waals surface area contributed by atoms with Gasteiger partial charge in [0.05, 0.1) is 24.8 Å². The minimum absolute atomic E-state index is 0.108. The van der Waals surface area contributed by atoms with Crippen molar-refractivity contribution in [3.05, 3.63) is 85.0 Å². The number of carbonyl (C=O) groups excluding carboxylic acids is 1. The first-order valence-electron chi connectivity index (χ1n) is 18.9. The van der Waals surface area contributed by atoms with E-state index in [1.807, 2.05) is 49.6 Å². The molecule has 3 aliphatic rings. The number of thioether (sulfide) groups is 1. The molecule has 53 heavy (non-hydrogen) atoms. The molecule has 6 atom stereocenters. The van der Waals surface area contributed by atoms with Gasteiger partial charge in [-0.3, -0.25) is 0 Å². The van der Waals surface area contributed by atoms with Crippen molar-refractivity contribution in [1.29, 1.82) is 0 Å². The fourth-order valence-electron chi connectivity index (χ4n) is 8.17. The number of ether oxygens (including phenoxy) is 4. The molecule has 0 radical (unpaired) electrons. The molecule has 1 saturated carbocycles. The number of amides is 1. The monoisotopic (exact) mass is 748 g/mol. The quantitative estimate of drug-likeness (QED) is 0.0595. The molecule has 0 aromatic heterocycles. The average molecular weight is 749 g/mol. The molecule has 1 fully saturated rings. The molecular weight excluding hydrogens is 693 g/mol. The predicted molar refractivity (Wildman–Crippen MR) is 209 cm³/mol. The third-order valence-corrected chi connectivity index (χ3v) is 11.3. The Bertz CT molecular complexity index is 1600. The first-order valence-corrected chi connectivity index (χ1v) is 20.1. The van der Waals surface area contributed by atoms with Crippen LogP contribution in [0.1, 0.15) is 69.8 Å². The van der Waals surface area contributed by atoms with Crippen LogP contribution in [-0.4, -0.2) is 85.1 Å². The summed E-state index contributed by atoms with van der Waals surface area (Å²) in [7, 11) is 1.72. The molecule has 1 aliphatic heterocycles. The maximum atomic E-state index is 13.7. The van der Waals surface area contributed by atoms with E-state index in [4.69, 9.17) is 28.9 Å². The lowest BCUT2D eigenvalue weighted by molar-refractivity contribution is -0.253. The summed E-state index contributed by atoms with van der Waals surface area (Å²) in [6.07, 6.45) is 12.9. The van der Waals surface area contributed by atoms with Gasteiger partial charge >= 0.3 is 6.09 Å². The molecule has 288 valence electrons. The van der Waals surface area contributed by atoms with E-state index < -0.39 is 23.8 Å². The lowest BCUT2D eigenvalue weighted by Gasteiger charge is -2.59. The van der Waals surface area contributed by atoms with Gasteiger partial charge in [0.1, 0.15) is 29.9 Å². The van der Waals surface area contributed by atoms with E-state index >= 15 is 0 Å². The number of aliphatic hydroxyl groups excluding tert-OH is 2. The fraction of sp³-hybridized carbons (Fsp3) is 0.524. The highest BCUT2D eigenvalue weighted by atomic mass is 32.2. The van der Waals surface area contributed by atoms with Gasteiger partial charge < -0.3 is 38.9 Å². The standard InChI is InChI=1S/C42H56N2O8S/c1-6-9-25-48-41(47)44(4)38-28-36(43-50-8-3)34-26-29(14-10-12-22-45)33(15-11-13-23-46)39-35-27-31(51-30-16-19-32(53-5)20-17-30)18-21-37(35)52-42(38,40(34)39)49-24-7-2/h6-7,16-21,26-27,29,33,38-40,45-46H,1-2,8-15,22-25,28H2,3-5H3/t29-,33+,38-,39+,40+,42+/m0/s1. The van der Waals surface area contributed by atoms with Crippen LogP contribution in [0.15, 0.2) is 89.5 Å². The van der Waals surface area contributed by atoms with E-state index in [-0.39, 0.29) is 44.2 Å². The number of rotatable bonds is 20. The Balaban J connectivity index is 1.72. The molecular formula is C42H56N2O8S. The van der Waals surface area contributed by atoms with Crippen molar-refractivity contribution in [3.63, 3.8) is 0 Å². The molecule has 1 heterocycles. The van der Waals surface area contributed by atoms with Gasteiger partial charge in [-0.25, -0.2) is 4.79 Å². The summed E-state index contributed by atoms with van der Waals surface area (Å²) in [5, 5.41) is 24.3. The van der Waals surface area contributed by atoms with Gasteiger partial charge in [-0.15, -0.1) is 24.9 Å². The Kier molecular flexibility index (Phi) is 14.9. The Morgan fingerprint density at radius 1 is 1.06 bits per heavy atom. The number of benzene rings is 2. The van der Waals surface area contributed by atoms with Gasteiger partial charge in [0.25, 0.3) is 0 Å². The van der Waals surface area contributed by atoms with Crippen molar-refractivity contribution in [2.24, 2.45) is 22.9 Å². The lowest BCUT2D eigenvalue weighted by atomic mass is 9.55. The number of aliphatic hydroxyl groups is 2. The highest BCUT2D eigenvalue weighted by Gasteiger charge is 2.65. The molecule has 5 rings (SSSR count). The fourth-order valence-corrected chi connectivity index (χ4v) is 8.58. The predicted octanol–water partition coefficient (Wildman–Crippen LogP) is 8.50. The summed E-state index contributed by atoms with van der Waals surface area (Å²) in [5.41, 5.74) is 2.71. The second kappa shape index (κ2) is 19.5. The van der Waals surface area contributed by atoms with Crippen LogP contribution in [0.5, 0.6) is 17.2 Å². The summed E-state index contributed by atoms with van der Waals surface area (Å²) >= 11 is 1.68. The van der Waals surface area contributed by atoms with Crippen molar-refractivity contribution in [3.8, 4) is 17.2 Å². The second-order valence-electron chi connectivity index (χ2n) is 13.8. The SMILES string of the molecule is C=CCCOC(=O)N(C)[C@H]1CC(=NOCC)C2=C[C@H](CCCCO)[C@@H](CCCCO)[C@@H]3c4cc(Oc5ccc(SC)cc5)ccc4O[C@@]1(OCC=C)[C@H]23. The zero-order chi connectivity index (χ0) is 37.8. The van der Waals surface area contributed by atoms with Gasteiger partial charge in [-0.05, 0) is 105 Å². The van der Waals surface area contributed by atoms with Crippen LogP contribution >= 0.6 is 11.8 Å². The summed E-state index contributed by atoms with van der Waals surface area (Å²) in [6, 6.07) is 13.3. The van der Waals surface area contributed by atoms with Crippen LogP contribution in [0.25, 0.3) is 0 Å². The van der Waals surface area contributed by atoms with Crippen LogP contribution in [0.3, 0.4) is 0 Å². The smallest absolute Gasteiger partial charge is 0.409 e. The van der Waals surface area contributed by atoms with Crippen LogP contribution in [0, 0.1) is 17.8 Å². The number of hydrogen-bond acceptors (Lipinski definition) is 10. The summed E-state index contributed by atoms with van der Waals surface area (Å²) < 4.78 is 26.2. The van der Waals surface area contributed by atoms with Crippen molar-refractivity contribution in [2.45, 2.75) is 80.9 Å². The number of nitrogens with zero attached hydrogens (tertiary/aromatic N) is 2. The molecule has 2 N–H and O–H groups in total. The number of hydrogen-bond donors (Lipinski definition) is 2. The number of carbonyl (C=O) groups is 1. The number of oxime groups is 1. The van der Waals surface area contributed by atoms with E-state index in [0.717, 1.165) is 53.2 Å².